The first-order valence-corrected chi connectivity index (χ1v) is 7.17. The molecular weight excluding hydrogens is 308 g/mol. The zero-order valence-electron chi connectivity index (χ0n) is 12.0. The highest BCUT2D eigenvalue weighted by molar-refractivity contribution is 7.99. The average molecular weight is 322 g/mol. The van der Waals surface area contributed by atoms with Gasteiger partial charge in [0, 0.05) is 6.07 Å². The smallest absolute Gasteiger partial charge is 0.270 e. The van der Waals surface area contributed by atoms with E-state index in [9.17, 15) is 9.59 Å². The quantitative estimate of drug-likeness (QED) is 0.761. The summed E-state index contributed by atoms with van der Waals surface area (Å²) in [6, 6.07) is 5.08. The zero-order chi connectivity index (χ0) is 15.9. The molecule has 1 aromatic heterocycles. The van der Waals surface area contributed by atoms with E-state index in [4.69, 9.17) is 9.47 Å². The van der Waals surface area contributed by atoms with Crippen molar-refractivity contribution in [1.82, 2.24) is 15.2 Å². The number of nitrogens with zero attached hydrogens (tertiary/aromatic N) is 2. The number of benzene rings is 1. The van der Waals surface area contributed by atoms with Gasteiger partial charge < -0.3 is 14.8 Å². The molecule has 1 heterocycles. The first-order valence-electron chi connectivity index (χ1n) is 6.19. The standard InChI is InChI=1S/C13H14N4O4S/c1-20-8-3-4-10(21-2)9(5-8)15-12(19)7-22-13-16-11(18)6-14-17-13/h3-6H,7H2,1-2H3,(H,15,19)(H,16,17,18). The zero-order valence-corrected chi connectivity index (χ0v) is 12.8. The molecule has 0 aliphatic heterocycles. The minimum absolute atomic E-state index is 0.0645. The van der Waals surface area contributed by atoms with Crippen LogP contribution in [0.15, 0.2) is 34.3 Å². The summed E-state index contributed by atoms with van der Waals surface area (Å²) in [4.78, 5) is 25.5. The van der Waals surface area contributed by atoms with Gasteiger partial charge in [-0.25, -0.2) is 0 Å². The number of rotatable bonds is 6. The molecule has 22 heavy (non-hydrogen) atoms. The normalized spacial score (nSPS) is 10.1. The maximum absolute atomic E-state index is 12.0. The van der Waals surface area contributed by atoms with Crippen LogP contribution in [-0.2, 0) is 4.79 Å². The van der Waals surface area contributed by atoms with E-state index in [0.717, 1.165) is 18.0 Å². The monoisotopic (exact) mass is 322 g/mol. The molecule has 0 aliphatic rings. The van der Waals surface area contributed by atoms with Crippen molar-refractivity contribution < 1.29 is 14.3 Å². The molecule has 0 fully saturated rings. The maximum Gasteiger partial charge on any atom is 0.270 e. The highest BCUT2D eigenvalue weighted by Gasteiger charge is 2.10. The van der Waals surface area contributed by atoms with Crippen LogP contribution in [0.25, 0.3) is 0 Å². The van der Waals surface area contributed by atoms with Crippen molar-refractivity contribution in [3.8, 4) is 11.5 Å². The van der Waals surface area contributed by atoms with Gasteiger partial charge in [-0.3, -0.25) is 14.6 Å². The number of carbonyl (C=O) groups is 1. The maximum atomic E-state index is 12.0. The van der Waals surface area contributed by atoms with Crippen molar-refractivity contribution in [2.24, 2.45) is 0 Å². The SMILES string of the molecule is COc1ccc(OC)c(NC(=O)CSc2nncc(=O)[nH]2)c1. The highest BCUT2D eigenvalue weighted by Crippen LogP contribution is 2.29. The largest absolute Gasteiger partial charge is 0.497 e. The predicted molar refractivity (Wildman–Crippen MR) is 81.6 cm³/mol. The number of nitrogens with one attached hydrogen (secondary N) is 2. The van der Waals surface area contributed by atoms with Crippen LogP contribution in [0.3, 0.4) is 0 Å². The molecule has 0 unspecified atom stereocenters. The number of methoxy groups -OCH3 is 2. The van der Waals surface area contributed by atoms with Crippen LogP contribution in [0.1, 0.15) is 0 Å². The van der Waals surface area contributed by atoms with Gasteiger partial charge in [0.25, 0.3) is 5.56 Å². The molecular formula is C13H14N4O4S. The fourth-order valence-electron chi connectivity index (χ4n) is 1.59. The molecule has 116 valence electrons. The molecule has 0 saturated carbocycles. The van der Waals surface area contributed by atoms with Crippen molar-refractivity contribution in [1.29, 1.82) is 0 Å². The fourth-order valence-corrected chi connectivity index (χ4v) is 2.21. The van der Waals surface area contributed by atoms with Crippen molar-refractivity contribution >= 4 is 23.4 Å². The second-order valence-corrected chi connectivity index (χ2v) is 5.01. The Kier molecular flexibility index (Phi) is 5.37. The van der Waals surface area contributed by atoms with Gasteiger partial charge in [-0.15, -0.1) is 5.10 Å². The Morgan fingerprint density at radius 3 is 2.86 bits per heavy atom. The number of thioether (sulfide) groups is 1. The summed E-state index contributed by atoms with van der Waals surface area (Å²) in [6.45, 7) is 0. The topological polar surface area (TPSA) is 106 Å². The molecule has 0 bridgehead atoms. The third kappa shape index (κ3) is 4.22. The van der Waals surface area contributed by atoms with Crippen LogP contribution in [0.5, 0.6) is 11.5 Å². The molecule has 0 saturated heterocycles. The Bertz CT molecular complexity index is 719. The fraction of sp³-hybridized carbons (Fsp3) is 0.231. The van der Waals surface area contributed by atoms with E-state index >= 15 is 0 Å². The molecule has 0 radical (unpaired) electrons. The second kappa shape index (κ2) is 7.46. The number of anilines is 1. The molecule has 1 amide bonds. The lowest BCUT2D eigenvalue weighted by molar-refractivity contribution is -0.113. The number of carbonyl (C=O) groups excluding carboxylic acids is 1. The van der Waals surface area contributed by atoms with E-state index in [1.165, 1.54) is 14.2 Å². The minimum Gasteiger partial charge on any atom is -0.497 e. The summed E-state index contributed by atoms with van der Waals surface area (Å²) in [6.07, 6.45) is 1.06. The predicted octanol–water partition coefficient (Wildman–Crippen LogP) is 0.913. The van der Waals surface area contributed by atoms with Crippen LogP contribution in [0, 0.1) is 0 Å². The van der Waals surface area contributed by atoms with Crippen molar-refractivity contribution in [3.05, 3.63) is 34.7 Å². The summed E-state index contributed by atoms with van der Waals surface area (Å²) >= 11 is 1.07. The minimum atomic E-state index is -0.368. The third-order valence-electron chi connectivity index (χ3n) is 2.57. The van der Waals surface area contributed by atoms with Gasteiger partial charge in [0.2, 0.25) is 5.91 Å². The van der Waals surface area contributed by atoms with Crippen LogP contribution in [0.2, 0.25) is 0 Å². The molecule has 8 nitrogen and oxygen atoms in total. The van der Waals surface area contributed by atoms with Crippen LogP contribution in [0.4, 0.5) is 5.69 Å². The lowest BCUT2D eigenvalue weighted by atomic mass is 10.2. The summed E-state index contributed by atoms with van der Waals surface area (Å²) in [5.74, 6) is 0.909. The Morgan fingerprint density at radius 1 is 1.36 bits per heavy atom. The number of aromatic nitrogens is 3. The molecule has 2 N–H and O–H groups in total. The number of hydrogen-bond acceptors (Lipinski definition) is 7. The Hall–Kier alpha value is -2.55. The van der Waals surface area contributed by atoms with Gasteiger partial charge in [0.1, 0.15) is 17.7 Å². The molecule has 1 aromatic carbocycles. The number of aromatic amines is 1. The van der Waals surface area contributed by atoms with Gasteiger partial charge in [-0.1, -0.05) is 11.8 Å². The second-order valence-electron chi connectivity index (χ2n) is 4.04. The van der Waals surface area contributed by atoms with Gasteiger partial charge in [-0.05, 0) is 12.1 Å². The van der Waals surface area contributed by atoms with E-state index in [1.54, 1.807) is 18.2 Å². The van der Waals surface area contributed by atoms with E-state index < -0.39 is 0 Å². The molecule has 2 rings (SSSR count). The van der Waals surface area contributed by atoms with Crippen molar-refractivity contribution in [2.75, 3.05) is 25.3 Å². The average Bonchev–Trinajstić information content (AvgIpc) is 2.53. The van der Waals surface area contributed by atoms with Crippen LogP contribution in [-0.4, -0.2) is 41.1 Å². The van der Waals surface area contributed by atoms with Crippen molar-refractivity contribution in [3.63, 3.8) is 0 Å². The Labute approximate surface area is 130 Å². The summed E-state index contributed by atoms with van der Waals surface area (Å²) in [7, 11) is 3.05. The van der Waals surface area contributed by atoms with Gasteiger partial charge in [0.05, 0.1) is 25.7 Å². The lowest BCUT2D eigenvalue weighted by Gasteiger charge is -2.11. The first-order chi connectivity index (χ1) is 10.6. The van der Waals surface area contributed by atoms with E-state index in [1.807, 2.05) is 0 Å². The first kappa shape index (κ1) is 15.8. The molecule has 2 aromatic rings. The number of H-pyrrole nitrogens is 1. The molecule has 0 spiro atoms. The van der Waals surface area contributed by atoms with Gasteiger partial charge in [-0.2, -0.15) is 5.10 Å². The van der Waals surface area contributed by atoms with E-state index in [2.05, 4.69) is 20.5 Å². The van der Waals surface area contributed by atoms with Gasteiger partial charge >= 0.3 is 0 Å². The van der Waals surface area contributed by atoms with Gasteiger partial charge in [0.15, 0.2) is 5.16 Å². The Morgan fingerprint density at radius 2 is 2.18 bits per heavy atom. The van der Waals surface area contributed by atoms with E-state index in [0.29, 0.717) is 17.2 Å². The highest BCUT2D eigenvalue weighted by atomic mass is 32.2. The lowest BCUT2D eigenvalue weighted by Crippen LogP contribution is -2.16. The third-order valence-corrected chi connectivity index (χ3v) is 3.44. The summed E-state index contributed by atoms with van der Waals surface area (Å²) < 4.78 is 10.3. The Balaban J connectivity index is 2.01. The molecule has 0 aliphatic carbocycles. The molecule has 0 atom stereocenters. The number of ether oxygens (including phenoxy) is 2. The summed E-state index contributed by atoms with van der Waals surface area (Å²) in [5, 5.41) is 10.2. The van der Waals surface area contributed by atoms with Crippen LogP contribution >= 0.6 is 11.8 Å². The van der Waals surface area contributed by atoms with Crippen LogP contribution < -0.4 is 20.3 Å². The summed E-state index contributed by atoms with van der Waals surface area (Å²) in [5.41, 5.74) is 0.132. The van der Waals surface area contributed by atoms with Crippen molar-refractivity contribution in [2.45, 2.75) is 5.16 Å². The molecule has 9 heteroatoms. The number of amides is 1. The number of hydrogen-bond donors (Lipinski definition) is 2. The van der Waals surface area contributed by atoms with E-state index in [-0.39, 0.29) is 22.4 Å².